The molecule has 4 nitrogen and oxygen atoms in total. The summed E-state index contributed by atoms with van der Waals surface area (Å²) >= 11 is 7.45. The maximum Gasteiger partial charge on any atom is 0.300 e. The van der Waals surface area contributed by atoms with E-state index in [2.05, 4.69) is 31.2 Å². The van der Waals surface area contributed by atoms with Crippen LogP contribution in [0.25, 0.3) is 16.8 Å². The van der Waals surface area contributed by atoms with Crippen LogP contribution < -0.4 is 4.90 Å². The zero-order valence-electron chi connectivity index (χ0n) is 16.0. The zero-order valence-corrected chi connectivity index (χ0v) is 17.6. The molecule has 28 heavy (non-hydrogen) atoms. The number of carbonyl (C=O) groups is 2. The first-order chi connectivity index (χ1) is 13.2. The van der Waals surface area contributed by atoms with Crippen molar-refractivity contribution in [2.24, 2.45) is 0 Å². The highest BCUT2D eigenvalue weighted by Gasteiger charge is 2.51. The van der Waals surface area contributed by atoms with Gasteiger partial charge in [-0.2, -0.15) is 0 Å². The Hall–Kier alpha value is -2.57. The van der Waals surface area contributed by atoms with Gasteiger partial charge >= 0.3 is 0 Å². The molecule has 0 N–H and O–H groups in total. The molecule has 1 amide bonds. The highest BCUT2D eigenvalue weighted by molar-refractivity contribution is 7.71. The van der Waals surface area contributed by atoms with Crippen LogP contribution in [0.1, 0.15) is 40.2 Å². The molecule has 0 saturated carbocycles. The normalized spacial score (nSPS) is 16.4. The molecule has 0 saturated heterocycles. The summed E-state index contributed by atoms with van der Waals surface area (Å²) in [6.07, 6.45) is 0. The van der Waals surface area contributed by atoms with Gasteiger partial charge in [0.2, 0.25) is 0 Å². The van der Waals surface area contributed by atoms with Crippen molar-refractivity contribution in [3.05, 3.63) is 62.6 Å². The van der Waals surface area contributed by atoms with Crippen molar-refractivity contribution < 1.29 is 9.59 Å². The van der Waals surface area contributed by atoms with Gasteiger partial charge in [0.25, 0.3) is 11.7 Å². The average Bonchev–Trinajstić information content (AvgIpc) is 3.12. The quantitative estimate of drug-likeness (QED) is 0.405. The van der Waals surface area contributed by atoms with E-state index in [1.165, 1.54) is 5.56 Å². The van der Waals surface area contributed by atoms with Gasteiger partial charge in [0.05, 0.1) is 27.4 Å². The minimum Gasteiger partial charge on any atom is -0.294 e. The smallest absolute Gasteiger partial charge is 0.294 e. The van der Waals surface area contributed by atoms with Crippen LogP contribution in [0.3, 0.4) is 0 Å². The molecular formula is C22H18N2O2S2. The number of aromatic nitrogens is 1. The van der Waals surface area contributed by atoms with E-state index in [4.69, 9.17) is 12.2 Å². The van der Waals surface area contributed by atoms with Gasteiger partial charge in [0, 0.05) is 11.1 Å². The maximum absolute atomic E-state index is 12.9. The van der Waals surface area contributed by atoms with Gasteiger partial charge in [-0.1, -0.05) is 41.4 Å². The lowest BCUT2D eigenvalue weighted by Gasteiger charge is -2.39. The minimum atomic E-state index is -0.649. The number of fused-ring (bicyclic) bond motifs is 2. The number of rotatable bonds is 1. The average molecular weight is 407 g/mol. The summed E-state index contributed by atoms with van der Waals surface area (Å²) < 4.78 is 2.76. The fraction of sp³-hybridized carbons (Fsp3) is 0.227. The van der Waals surface area contributed by atoms with E-state index in [0.29, 0.717) is 11.3 Å². The highest BCUT2D eigenvalue weighted by atomic mass is 32.1. The van der Waals surface area contributed by atoms with Gasteiger partial charge in [-0.15, -0.1) is 0 Å². The van der Waals surface area contributed by atoms with Crippen LogP contribution in [0, 0.1) is 18.5 Å². The molecule has 2 aliphatic heterocycles. The second-order valence-electron chi connectivity index (χ2n) is 7.97. The molecule has 2 aliphatic rings. The van der Waals surface area contributed by atoms with E-state index in [1.807, 2.05) is 36.9 Å². The second kappa shape index (κ2) is 5.49. The molecule has 0 spiro atoms. The van der Waals surface area contributed by atoms with Crippen molar-refractivity contribution in [1.82, 2.24) is 3.96 Å². The minimum absolute atomic E-state index is 0.430. The Bertz CT molecular complexity index is 1260. The zero-order chi connectivity index (χ0) is 20.0. The number of hydrogen-bond acceptors (Lipinski definition) is 4. The van der Waals surface area contributed by atoms with Crippen molar-refractivity contribution in [2.75, 3.05) is 4.90 Å². The second-order valence-corrected chi connectivity index (χ2v) is 9.31. The number of benzene rings is 2. The van der Waals surface area contributed by atoms with Gasteiger partial charge in [-0.25, -0.2) is 0 Å². The molecule has 0 atom stereocenters. The van der Waals surface area contributed by atoms with Crippen molar-refractivity contribution in [1.29, 1.82) is 0 Å². The Kier molecular flexibility index (Phi) is 3.44. The molecule has 0 fully saturated rings. The summed E-state index contributed by atoms with van der Waals surface area (Å²) in [6, 6.07) is 12.1. The number of carbonyl (C=O) groups excluding carboxylic acids is 2. The van der Waals surface area contributed by atoms with Gasteiger partial charge < -0.3 is 0 Å². The Morgan fingerprint density at radius 2 is 1.61 bits per heavy atom. The number of anilines is 1. The lowest BCUT2D eigenvalue weighted by atomic mass is 9.87. The van der Waals surface area contributed by atoms with Crippen LogP contribution in [0.4, 0.5) is 5.69 Å². The molecule has 0 radical (unpaired) electrons. The molecule has 0 unspecified atom stereocenters. The summed E-state index contributed by atoms with van der Waals surface area (Å²) in [5.74, 6) is -0.890. The lowest BCUT2D eigenvalue weighted by Crippen LogP contribution is -2.46. The van der Waals surface area contributed by atoms with Crippen molar-refractivity contribution in [3.8, 4) is 16.8 Å². The number of hydrogen-bond donors (Lipinski definition) is 0. The van der Waals surface area contributed by atoms with Crippen molar-refractivity contribution >= 4 is 41.1 Å². The molecule has 2 aromatic carbocycles. The van der Waals surface area contributed by atoms with Crippen LogP contribution in [-0.2, 0) is 10.3 Å². The Morgan fingerprint density at radius 1 is 0.964 bits per heavy atom. The molecule has 1 aromatic heterocycles. The van der Waals surface area contributed by atoms with E-state index in [9.17, 15) is 9.59 Å². The first kappa shape index (κ1) is 17.5. The Balaban J connectivity index is 1.88. The molecule has 5 rings (SSSR count). The molecule has 3 heterocycles. The van der Waals surface area contributed by atoms with Gasteiger partial charge in [-0.3, -0.25) is 18.4 Å². The van der Waals surface area contributed by atoms with Gasteiger partial charge in [-0.05, 0) is 57.5 Å². The monoisotopic (exact) mass is 406 g/mol. The number of Topliss-reactive ketones (excluding diaryl/α,β-unsaturated/α-hetero) is 1. The topological polar surface area (TPSA) is 42.3 Å². The van der Waals surface area contributed by atoms with Crippen molar-refractivity contribution in [3.63, 3.8) is 0 Å². The molecule has 0 aliphatic carbocycles. The van der Waals surface area contributed by atoms with E-state index in [0.717, 1.165) is 31.9 Å². The summed E-state index contributed by atoms with van der Waals surface area (Å²) in [4.78, 5) is 28.2. The van der Waals surface area contributed by atoms with Crippen LogP contribution in [0.15, 0.2) is 36.4 Å². The van der Waals surface area contributed by atoms with Gasteiger partial charge in [0.1, 0.15) is 4.64 Å². The molecule has 3 aromatic rings. The third kappa shape index (κ3) is 2.07. The van der Waals surface area contributed by atoms with Crippen LogP contribution in [-0.4, -0.2) is 15.6 Å². The Labute approximate surface area is 172 Å². The van der Waals surface area contributed by atoms with Crippen LogP contribution in [0.5, 0.6) is 0 Å². The largest absolute Gasteiger partial charge is 0.300 e. The van der Waals surface area contributed by atoms with Crippen LogP contribution in [0.2, 0.25) is 0 Å². The van der Waals surface area contributed by atoms with E-state index < -0.39 is 17.2 Å². The van der Waals surface area contributed by atoms with E-state index >= 15 is 0 Å². The molecule has 6 heteroatoms. The lowest BCUT2D eigenvalue weighted by molar-refractivity contribution is -0.115. The number of ketones is 1. The highest BCUT2D eigenvalue weighted by Crippen LogP contribution is 2.54. The Morgan fingerprint density at radius 3 is 2.29 bits per heavy atom. The fourth-order valence-electron chi connectivity index (χ4n) is 4.22. The standard InChI is InChI=1S/C22H18N2O2S2/c1-11-5-7-13(8-6-11)24-21(27)16-14-9-12(2)10-15-17(14)23(20(26)18(15)25)22(3,4)19(16)28-24/h5-10H,1-4H3. The maximum atomic E-state index is 12.9. The van der Waals surface area contributed by atoms with Crippen LogP contribution >= 0.6 is 23.8 Å². The number of nitrogens with zero attached hydrogens (tertiary/aromatic N) is 2. The summed E-state index contributed by atoms with van der Waals surface area (Å²) in [7, 11) is 0. The molecule has 140 valence electrons. The molecule has 0 bridgehead atoms. The predicted octanol–water partition coefficient (Wildman–Crippen LogP) is 5.33. The SMILES string of the molecule is Cc1ccc(-n2sc3c(c2=S)-c2cc(C)cc4c2N(C(=O)C4=O)C3(C)C)cc1. The number of aryl methyl sites for hydroxylation is 2. The molecular weight excluding hydrogens is 388 g/mol. The van der Waals surface area contributed by atoms with E-state index in [-0.39, 0.29) is 0 Å². The van der Waals surface area contributed by atoms with Gasteiger partial charge in [0.15, 0.2) is 0 Å². The van der Waals surface area contributed by atoms with E-state index in [1.54, 1.807) is 16.4 Å². The summed E-state index contributed by atoms with van der Waals surface area (Å²) in [6.45, 7) is 7.97. The first-order valence-electron chi connectivity index (χ1n) is 9.09. The third-order valence-electron chi connectivity index (χ3n) is 5.58. The summed E-state index contributed by atoms with van der Waals surface area (Å²) in [5.41, 5.74) is 5.53. The third-order valence-corrected chi connectivity index (χ3v) is 7.54. The summed E-state index contributed by atoms with van der Waals surface area (Å²) in [5, 5.41) is 0. The fourth-order valence-corrected chi connectivity index (χ4v) is 5.91. The number of amides is 1. The van der Waals surface area contributed by atoms with Crippen molar-refractivity contribution in [2.45, 2.75) is 33.2 Å². The predicted molar refractivity (Wildman–Crippen MR) is 114 cm³/mol. The first-order valence-corrected chi connectivity index (χ1v) is 10.3.